The van der Waals surface area contributed by atoms with E-state index in [9.17, 15) is 5.11 Å². The van der Waals surface area contributed by atoms with Crippen LogP contribution < -0.4 is 0 Å². The van der Waals surface area contributed by atoms with Crippen LogP contribution in [-0.2, 0) is 10.3 Å². The monoisotopic (exact) mass is 261 g/mol. The molecule has 1 aliphatic carbocycles. The Labute approximate surface area is 110 Å². The Bertz CT molecular complexity index is 576. The fraction of sp³-hybridized carbons (Fsp3) is 0.462. The SMILES string of the molecule is COC1(c2noc(-c3cncc(O)c3)n2)CCCC1. The van der Waals surface area contributed by atoms with Crippen molar-refractivity contribution in [1.29, 1.82) is 0 Å². The molecule has 0 spiro atoms. The predicted molar refractivity (Wildman–Crippen MR) is 66.3 cm³/mol. The third-order valence-electron chi connectivity index (χ3n) is 3.61. The molecule has 0 unspecified atom stereocenters. The van der Waals surface area contributed by atoms with Crippen molar-refractivity contribution in [3.05, 3.63) is 24.3 Å². The van der Waals surface area contributed by atoms with Gasteiger partial charge >= 0.3 is 0 Å². The molecule has 100 valence electrons. The maximum Gasteiger partial charge on any atom is 0.259 e. The van der Waals surface area contributed by atoms with Crippen LogP contribution >= 0.6 is 0 Å². The van der Waals surface area contributed by atoms with E-state index in [2.05, 4.69) is 15.1 Å². The van der Waals surface area contributed by atoms with Crippen LogP contribution in [0.15, 0.2) is 23.0 Å². The number of aromatic nitrogens is 3. The predicted octanol–water partition coefficient (Wildman–Crippen LogP) is 2.25. The lowest BCUT2D eigenvalue weighted by molar-refractivity contribution is -0.0178. The van der Waals surface area contributed by atoms with Crippen LogP contribution in [0.1, 0.15) is 31.5 Å². The van der Waals surface area contributed by atoms with E-state index in [-0.39, 0.29) is 5.75 Å². The van der Waals surface area contributed by atoms with Crippen molar-refractivity contribution in [2.75, 3.05) is 7.11 Å². The summed E-state index contributed by atoms with van der Waals surface area (Å²) in [4.78, 5) is 8.29. The summed E-state index contributed by atoms with van der Waals surface area (Å²) in [7, 11) is 1.68. The third kappa shape index (κ3) is 2.08. The molecule has 0 aromatic carbocycles. The zero-order valence-electron chi connectivity index (χ0n) is 10.7. The topological polar surface area (TPSA) is 81.3 Å². The number of methoxy groups -OCH3 is 1. The Balaban J connectivity index is 1.95. The van der Waals surface area contributed by atoms with E-state index in [1.54, 1.807) is 19.4 Å². The number of ether oxygens (including phenoxy) is 1. The van der Waals surface area contributed by atoms with Gasteiger partial charge in [0, 0.05) is 13.3 Å². The molecule has 0 amide bonds. The number of hydrogen-bond acceptors (Lipinski definition) is 6. The largest absolute Gasteiger partial charge is 0.506 e. The second-order valence-corrected chi connectivity index (χ2v) is 4.76. The fourth-order valence-electron chi connectivity index (χ4n) is 2.54. The van der Waals surface area contributed by atoms with Gasteiger partial charge < -0.3 is 14.4 Å². The zero-order chi connectivity index (χ0) is 13.3. The first-order valence-corrected chi connectivity index (χ1v) is 6.27. The Kier molecular flexibility index (Phi) is 2.94. The highest BCUT2D eigenvalue weighted by molar-refractivity contribution is 5.53. The van der Waals surface area contributed by atoms with Crippen LogP contribution in [0.5, 0.6) is 5.75 Å². The molecule has 0 aliphatic heterocycles. The molecule has 1 fully saturated rings. The molecule has 6 heteroatoms. The average molecular weight is 261 g/mol. The van der Waals surface area contributed by atoms with E-state index in [0.29, 0.717) is 17.3 Å². The van der Waals surface area contributed by atoms with E-state index < -0.39 is 5.60 Å². The van der Waals surface area contributed by atoms with Gasteiger partial charge in [-0.15, -0.1) is 0 Å². The van der Waals surface area contributed by atoms with Crippen molar-refractivity contribution < 1.29 is 14.4 Å². The number of aromatic hydroxyl groups is 1. The van der Waals surface area contributed by atoms with Gasteiger partial charge in [0.2, 0.25) is 5.82 Å². The van der Waals surface area contributed by atoms with Gasteiger partial charge in [0.05, 0.1) is 11.8 Å². The molecule has 1 aliphatic rings. The molecule has 1 saturated carbocycles. The highest BCUT2D eigenvalue weighted by Gasteiger charge is 2.40. The first kappa shape index (κ1) is 12.1. The molecular formula is C13H15N3O3. The van der Waals surface area contributed by atoms with E-state index in [0.717, 1.165) is 25.7 Å². The molecule has 3 rings (SSSR count). The summed E-state index contributed by atoms with van der Waals surface area (Å²) >= 11 is 0. The lowest BCUT2D eigenvalue weighted by Gasteiger charge is -2.22. The molecule has 0 saturated heterocycles. The van der Waals surface area contributed by atoms with Gasteiger partial charge in [0.25, 0.3) is 5.89 Å². The second kappa shape index (κ2) is 4.62. The normalized spacial score (nSPS) is 17.7. The average Bonchev–Trinajstić information content (AvgIpc) is 3.08. The highest BCUT2D eigenvalue weighted by Crippen LogP contribution is 2.40. The number of hydrogen-bond donors (Lipinski definition) is 1. The zero-order valence-corrected chi connectivity index (χ0v) is 10.7. The summed E-state index contributed by atoms with van der Waals surface area (Å²) in [6.45, 7) is 0. The second-order valence-electron chi connectivity index (χ2n) is 4.76. The van der Waals surface area contributed by atoms with Crippen LogP contribution in [0, 0.1) is 0 Å². The van der Waals surface area contributed by atoms with Gasteiger partial charge in [-0.2, -0.15) is 4.98 Å². The van der Waals surface area contributed by atoms with E-state index in [4.69, 9.17) is 9.26 Å². The first-order valence-electron chi connectivity index (χ1n) is 6.27. The molecule has 6 nitrogen and oxygen atoms in total. The lowest BCUT2D eigenvalue weighted by atomic mass is 10.0. The first-order chi connectivity index (χ1) is 9.23. The quantitative estimate of drug-likeness (QED) is 0.912. The smallest absolute Gasteiger partial charge is 0.259 e. The number of rotatable bonds is 3. The van der Waals surface area contributed by atoms with Crippen molar-refractivity contribution in [2.45, 2.75) is 31.3 Å². The molecular weight excluding hydrogens is 246 g/mol. The Morgan fingerprint density at radius 1 is 1.32 bits per heavy atom. The summed E-state index contributed by atoms with van der Waals surface area (Å²) in [5.41, 5.74) is 0.175. The molecule has 2 heterocycles. The maximum absolute atomic E-state index is 9.41. The Morgan fingerprint density at radius 2 is 2.11 bits per heavy atom. The molecule has 2 aromatic rings. The van der Waals surface area contributed by atoms with Gasteiger partial charge in [-0.25, -0.2) is 0 Å². The summed E-state index contributed by atoms with van der Waals surface area (Å²) in [6.07, 6.45) is 6.94. The lowest BCUT2D eigenvalue weighted by Crippen LogP contribution is -2.25. The Hall–Kier alpha value is -1.95. The van der Waals surface area contributed by atoms with Crippen molar-refractivity contribution in [2.24, 2.45) is 0 Å². The highest BCUT2D eigenvalue weighted by atomic mass is 16.5. The summed E-state index contributed by atoms with van der Waals surface area (Å²) in [5, 5.41) is 13.4. The van der Waals surface area contributed by atoms with Crippen LogP contribution in [0.4, 0.5) is 0 Å². The minimum absolute atomic E-state index is 0.0690. The standard InChI is InChI=1S/C13H15N3O3/c1-18-13(4-2-3-5-13)12-15-11(19-16-12)9-6-10(17)8-14-7-9/h6-8,17H,2-5H2,1H3. The summed E-state index contributed by atoms with van der Waals surface area (Å²) in [5.74, 6) is 0.993. The minimum Gasteiger partial charge on any atom is -0.506 e. The maximum atomic E-state index is 9.41. The van der Waals surface area contributed by atoms with Gasteiger partial charge in [0.15, 0.2) is 0 Å². The minimum atomic E-state index is -0.425. The van der Waals surface area contributed by atoms with Crippen LogP contribution in [0.2, 0.25) is 0 Å². The van der Waals surface area contributed by atoms with Gasteiger partial charge in [-0.3, -0.25) is 4.98 Å². The van der Waals surface area contributed by atoms with Crippen LogP contribution in [0.25, 0.3) is 11.5 Å². The van der Waals surface area contributed by atoms with Crippen molar-refractivity contribution in [3.8, 4) is 17.2 Å². The van der Waals surface area contributed by atoms with Crippen molar-refractivity contribution in [1.82, 2.24) is 15.1 Å². The molecule has 0 atom stereocenters. The summed E-state index contributed by atoms with van der Waals surface area (Å²) in [6, 6.07) is 1.54. The van der Waals surface area contributed by atoms with Crippen molar-refractivity contribution in [3.63, 3.8) is 0 Å². The van der Waals surface area contributed by atoms with E-state index >= 15 is 0 Å². The molecule has 19 heavy (non-hydrogen) atoms. The van der Waals surface area contributed by atoms with E-state index in [1.807, 2.05) is 0 Å². The Morgan fingerprint density at radius 3 is 2.79 bits per heavy atom. The molecule has 0 bridgehead atoms. The van der Waals surface area contributed by atoms with Crippen molar-refractivity contribution >= 4 is 0 Å². The van der Waals surface area contributed by atoms with Gasteiger partial charge in [-0.1, -0.05) is 5.16 Å². The third-order valence-corrected chi connectivity index (χ3v) is 3.61. The number of nitrogens with zero attached hydrogens (tertiary/aromatic N) is 3. The molecule has 1 N–H and O–H groups in total. The molecule has 0 radical (unpaired) electrons. The summed E-state index contributed by atoms with van der Waals surface area (Å²) < 4.78 is 10.9. The molecule has 2 aromatic heterocycles. The van der Waals surface area contributed by atoms with Crippen LogP contribution in [-0.4, -0.2) is 27.3 Å². The van der Waals surface area contributed by atoms with Gasteiger partial charge in [0.1, 0.15) is 11.4 Å². The van der Waals surface area contributed by atoms with E-state index in [1.165, 1.54) is 6.20 Å². The van der Waals surface area contributed by atoms with Gasteiger partial charge in [-0.05, 0) is 31.7 Å². The fourth-order valence-corrected chi connectivity index (χ4v) is 2.54. The number of pyridine rings is 1. The van der Waals surface area contributed by atoms with Crippen LogP contribution in [0.3, 0.4) is 0 Å².